The molecule has 0 radical (unpaired) electrons. The monoisotopic (exact) mass is 337 g/mol. The van der Waals surface area contributed by atoms with Crippen molar-refractivity contribution in [3.63, 3.8) is 0 Å². The van der Waals surface area contributed by atoms with Crippen molar-refractivity contribution in [2.45, 2.75) is 0 Å². The minimum absolute atomic E-state index is 0.299. The summed E-state index contributed by atoms with van der Waals surface area (Å²) in [4.78, 5) is 7.71. The number of fused-ring (bicyclic) bond motifs is 1. The van der Waals surface area contributed by atoms with Crippen LogP contribution < -0.4 is 15.2 Å². The number of anilines is 1. The van der Waals surface area contributed by atoms with Crippen LogP contribution in [0.25, 0.3) is 22.4 Å². The highest BCUT2D eigenvalue weighted by Crippen LogP contribution is 2.45. The first-order chi connectivity index (χ1) is 10.5. The van der Waals surface area contributed by atoms with Crippen LogP contribution in [0, 0.1) is 0 Å². The van der Waals surface area contributed by atoms with Crippen LogP contribution in [0.2, 0.25) is 10.0 Å². The number of nitrogens with one attached hydrogen (secondary N) is 1. The largest absolute Gasteiger partial charge is 0.494 e. The molecule has 0 spiro atoms. The van der Waals surface area contributed by atoms with Gasteiger partial charge in [0.05, 0.1) is 35.8 Å². The number of rotatable bonds is 3. The van der Waals surface area contributed by atoms with E-state index in [1.807, 2.05) is 12.1 Å². The molecular formula is C15H13Cl2N3O2. The summed E-state index contributed by atoms with van der Waals surface area (Å²) < 4.78 is 10.6. The number of aromatic nitrogens is 2. The Hall–Kier alpha value is -2.11. The molecule has 0 amide bonds. The number of halogens is 2. The summed E-state index contributed by atoms with van der Waals surface area (Å²) >= 11 is 12.5. The SMILES string of the molecule is COc1c(Cl)cc(-c2nc3ccc(N)cc3[nH]2)c(OC)c1Cl. The molecule has 114 valence electrons. The standard InChI is InChI=1S/C15H13Cl2N3O2/c1-21-13-8(6-9(16)14(22-2)12(13)17)15-19-10-4-3-7(18)5-11(10)20-15/h3-6H,18H2,1-2H3,(H,19,20). The average molecular weight is 338 g/mol. The number of H-pyrrole nitrogens is 1. The summed E-state index contributed by atoms with van der Waals surface area (Å²) in [7, 11) is 3.02. The summed E-state index contributed by atoms with van der Waals surface area (Å²) in [6.07, 6.45) is 0. The number of benzene rings is 2. The van der Waals surface area contributed by atoms with Gasteiger partial charge in [-0.3, -0.25) is 0 Å². The number of ether oxygens (including phenoxy) is 2. The molecule has 22 heavy (non-hydrogen) atoms. The van der Waals surface area contributed by atoms with Gasteiger partial charge in [0, 0.05) is 5.69 Å². The lowest BCUT2D eigenvalue weighted by atomic mass is 10.1. The molecule has 7 heteroatoms. The van der Waals surface area contributed by atoms with E-state index in [9.17, 15) is 0 Å². The van der Waals surface area contributed by atoms with Crippen molar-refractivity contribution < 1.29 is 9.47 Å². The van der Waals surface area contributed by atoms with Crippen molar-refractivity contribution in [3.8, 4) is 22.9 Å². The fraction of sp³-hybridized carbons (Fsp3) is 0.133. The van der Waals surface area contributed by atoms with Crippen LogP contribution in [-0.4, -0.2) is 24.2 Å². The zero-order valence-electron chi connectivity index (χ0n) is 11.9. The number of imidazole rings is 1. The molecule has 0 saturated heterocycles. The van der Waals surface area contributed by atoms with E-state index in [0.29, 0.717) is 38.6 Å². The molecule has 5 nitrogen and oxygen atoms in total. The van der Waals surface area contributed by atoms with Crippen molar-refractivity contribution in [2.75, 3.05) is 20.0 Å². The van der Waals surface area contributed by atoms with Gasteiger partial charge < -0.3 is 20.2 Å². The third-order valence-corrected chi connectivity index (χ3v) is 3.92. The summed E-state index contributed by atoms with van der Waals surface area (Å²) in [6.45, 7) is 0. The fourth-order valence-electron chi connectivity index (χ4n) is 2.30. The second-order valence-corrected chi connectivity index (χ2v) is 5.43. The second kappa shape index (κ2) is 5.59. The van der Waals surface area contributed by atoms with E-state index in [-0.39, 0.29) is 0 Å². The summed E-state index contributed by atoms with van der Waals surface area (Å²) in [5.74, 6) is 1.39. The lowest BCUT2D eigenvalue weighted by Crippen LogP contribution is -1.94. The molecule has 1 heterocycles. The lowest BCUT2D eigenvalue weighted by Gasteiger charge is -2.13. The number of nitrogens with two attached hydrogens (primary N) is 1. The molecule has 2 aromatic carbocycles. The van der Waals surface area contributed by atoms with Gasteiger partial charge in [-0.25, -0.2) is 4.98 Å². The predicted molar refractivity (Wildman–Crippen MR) is 89.1 cm³/mol. The zero-order valence-corrected chi connectivity index (χ0v) is 13.4. The number of aromatic amines is 1. The van der Waals surface area contributed by atoms with Gasteiger partial charge in [0.25, 0.3) is 0 Å². The lowest BCUT2D eigenvalue weighted by molar-refractivity contribution is 0.396. The van der Waals surface area contributed by atoms with Gasteiger partial charge in [-0.2, -0.15) is 0 Å². The van der Waals surface area contributed by atoms with Crippen LogP contribution in [0.5, 0.6) is 11.5 Å². The molecule has 0 aliphatic heterocycles. The van der Waals surface area contributed by atoms with Gasteiger partial charge in [0.15, 0.2) is 11.5 Å². The Morgan fingerprint density at radius 2 is 1.82 bits per heavy atom. The van der Waals surface area contributed by atoms with Crippen LogP contribution in [-0.2, 0) is 0 Å². The Labute approximate surface area is 137 Å². The third kappa shape index (κ3) is 2.32. The molecule has 3 aromatic rings. The Kier molecular flexibility index (Phi) is 3.76. The van der Waals surface area contributed by atoms with Crippen LogP contribution >= 0.6 is 23.2 Å². The van der Waals surface area contributed by atoms with E-state index in [4.69, 9.17) is 38.4 Å². The van der Waals surface area contributed by atoms with Gasteiger partial charge in [-0.1, -0.05) is 23.2 Å². The molecule has 3 N–H and O–H groups in total. The third-order valence-electron chi connectivity index (χ3n) is 3.30. The van der Waals surface area contributed by atoms with Gasteiger partial charge in [-0.05, 0) is 24.3 Å². The second-order valence-electron chi connectivity index (χ2n) is 4.65. The summed E-state index contributed by atoms with van der Waals surface area (Å²) in [5, 5.41) is 0.677. The Morgan fingerprint density at radius 3 is 2.50 bits per heavy atom. The molecule has 0 unspecified atom stereocenters. The number of methoxy groups -OCH3 is 2. The highest BCUT2D eigenvalue weighted by atomic mass is 35.5. The van der Waals surface area contributed by atoms with Crippen LogP contribution in [0.4, 0.5) is 5.69 Å². The maximum atomic E-state index is 6.30. The minimum atomic E-state index is 0.299. The maximum absolute atomic E-state index is 6.30. The van der Waals surface area contributed by atoms with E-state index in [0.717, 1.165) is 11.0 Å². The molecular weight excluding hydrogens is 325 g/mol. The zero-order chi connectivity index (χ0) is 15.9. The van der Waals surface area contributed by atoms with E-state index in [2.05, 4.69) is 9.97 Å². The highest BCUT2D eigenvalue weighted by molar-refractivity contribution is 6.38. The highest BCUT2D eigenvalue weighted by Gasteiger charge is 2.20. The van der Waals surface area contributed by atoms with Crippen LogP contribution in [0.15, 0.2) is 24.3 Å². The van der Waals surface area contributed by atoms with Crippen molar-refractivity contribution in [1.82, 2.24) is 9.97 Å². The van der Waals surface area contributed by atoms with Crippen molar-refractivity contribution in [2.24, 2.45) is 0 Å². The molecule has 0 aliphatic carbocycles. The number of hydrogen-bond acceptors (Lipinski definition) is 4. The van der Waals surface area contributed by atoms with E-state index >= 15 is 0 Å². The minimum Gasteiger partial charge on any atom is -0.494 e. The first kappa shape index (κ1) is 14.8. The Bertz CT molecular complexity index is 862. The van der Waals surface area contributed by atoms with Gasteiger partial charge in [-0.15, -0.1) is 0 Å². The molecule has 0 fully saturated rings. The molecule has 3 rings (SSSR count). The summed E-state index contributed by atoms with van der Waals surface area (Å²) in [5.41, 5.74) is 8.69. The van der Waals surface area contributed by atoms with E-state index in [1.54, 1.807) is 12.1 Å². The molecule has 0 aliphatic rings. The van der Waals surface area contributed by atoms with E-state index in [1.165, 1.54) is 14.2 Å². The topological polar surface area (TPSA) is 73.2 Å². The molecule has 0 atom stereocenters. The maximum Gasteiger partial charge on any atom is 0.159 e. The van der Waals surface area contributed by atoms with E-state index < -0.39 is 0 Å². The Morgan fingerprint density at radius 1 is 1.09 bits per heavy atom. The number of nitrogens with zero attached hydrogens (tertiary/aromatic N) is 1. The smallest absolute Gasteiger partial charge is 0.159 e. The van der Waals surface area contributed by atoms with Gasteiger partial charge in [0.2, 0.25) is 0 Å². The fourth-order valence-corrected chi connectivity index (χ4v) is 2.99. The molecule has 0 bridgehead atoms. The van der Waals surface area contributed by atoms with Crippen molar-refractivity contribution in [1.29, 1.82) is 0 Å². The van der Waals surface area contributed by atoms with Gasteiger partial charge in [0.1, 0.15) is 10.8 Å². The first-order valence-corrected chi connectivity index (χ1v) is 7.16. The van der Waals surface area contributed by atoms with Gasteiger partial charge >= 0.3 is 0 Å². The normalized spacial score (nSPS) is 10.9. The van der Waals surface area contributed by atoms with Crippen molar-refractivity contribution in [3.05, 3.63) is 34.3 Å². The summed E-state index contributed by atoms with van der Waals surface area (Å²) in [6, 6.07) is 7.14. The average Bonchev–Trinajstić information content (AvgIpc) is 2.90. The van der Waals surface area contributed by atoms with Crippen LogP contribution in [0.1, 0.15) is 0 Å². The van der Waals surface area contributed by atoms with Crippen LogP contribution in [0.3, 0.4) is 0 Å². The Balaban J connectivity index is 2.25. The van der Waals surface area contributed by atoms with Crippen molar-refractivity contribution >= 4 is 39.9 Å². The first-order valence-electron chi connectivity index (χ1n) is 6.40. The number of nitrogen functional groups attached to an aromatic ring is 1. The predicted octanol–water partition coefficient (Wildman–Crippen LogP) is 4.14. The number of hydrogen-bond donors (Lipinski definition) is 2. The molecule has 0 saturated carbocycles. The quantitative estimate of drug-likeness (QED) is 0.704. The molecule has 1 aromatic heterocycles.